The third-order valence-corrected chi connectivity index (χ3v) is 3.51. The minimum atomic E-state index is 0.482. The van der Waals surface area contributed by atoms with Crippen molar-refractivity contribution in [2.24, 2.45) is 5.73 Å². The van der Waals surface area contributed by atoms with Gasteiger partial charge in [-0.05, 0) is 37.6 Å². The Morgan fingerprint density at radius 1 is 1.16 bits per heavy atom. The van der Waals surface area contributed by atoms with E-state index in [1.165, 1.54) is 44.3 Å². The second-order valence-corrected chi connectivity index (χ2v) is 5.49. The van der Waals surface area contributed by atoms with Gasteiger partial charge in [0.1, 0.15) is 4.99 Å². The molecule has 0 aromatic heterocycles. The highest BCUT2D eigenvalue weighted by Crippen LogP contribution is 2.10. The summed E-state index contributed by atoms with van der Waals surface area (Å²) in [6, 6.07) is 8.30. The molecule has 0 saturated carbocycles. The van der Waals surface area contributed by atoms with Gasteiger partial charge in [0.25, 0.3) is 0 Å². The number of nitrogens with zero attached hydrogens (tertiary/aromatic N) is 1. The van der Waals surface area contributed by atoms with Crippen molar-refractivity contribution in [3.8, 4) is 0 Å². The first-order chi connectivity index (χ1) is 9.17. The molecule has 1 rings (SSSR count). The standard InChI is InChI=1S/C16H26N2S/c1-3-5-10-18(11-6-4-2)13-14-8-7-9-15(12-14)16(17)19/h7-9,12H,3-6,10-11,13H2,1-2H3,(H2,17,19). The van der Waals surface area contributed by atoms with Crippen LogP contribution in [0.4, 0.5) is 0 Å². The van der Waals surface area contributed by atoms with Gasteiger partial charge in [-0.25, -0.2) is 0 Å². The van der Waals surface area contributed by atoms with E-state index >= 15 is 0 Å². The lowest BCUT2D eigenvalue weighted by atomic mass is 10.1. The Hall–Kier alpha value is -0.930. The third kappa shape index (κ3) is 6.17. The molecule has 0 saturated heterocycles. The summed E-state index contributed by atoms with van der Waals surface area (Å²) in [4.78, 5) is 3.02. The Morgan fingerprint density at radius 3 is 2.32 bits per heavy atom. The smallest absolute Gasteiger partial charge is 0.103 e. The molecule has 0 atom stereocenters. The molecule has 0 bridgehead atoms. The van der Waals surface area contributed by atoms with E-state index in [1.54, 1.807) is 0 Å². The highest BCUT2D eigenvalue weighted by Gasteiger charge is 2.06. The number of hydrogen-bond acceptors (Lipinski definition) is 2. The minimum absolute atomic E-state index is 0.482. The lowest BCUT2D eigenvalue weighted by Gasteiger charge is -2.22. The molecule has 1 aromatic carbocycles. The summed E-state index contributed by atoms with van der Waals surface area (Å²) >= 11 is 5.04. The van der Waals surface area contributed by atoms with Crippen molar-refractivity contribution < 1.29 is 0 Å². The Morgan fingerprint density at radius 2 is 1.79 bits per heavy atom. The molecular formula is C16H26N2S. The second kappa shape index (κ2) is 9.05. The highest BCUT2D eigenvalue weighted by atomic mass is 32.1. The van der Waals surface area contributed by atoms with Crippen molar-refractivity contribution in [2.75, 3.05) is 13.1 Å². The molecule has 0 fully saturated rings. The molecule has 19 heavy (non-hydrogen) atoms. The van der Waals surface area contributed by atoms with Gasteiger partial charge in [0.05, 0.1) is 0 Å². The van der Waals surface area contributed by atoms with E-state index in [0.29, 0.717) is 4.99 Å². The summed E-state index contributed by atoms with van der Waals surface area (Å²) < 4.78 is 0. The van der Waals surface area contributed by atoms with Gasteiger partial charge in [0.15, 0.2) is 0 Å². The topological polar surface area (TPSA) is 29.3 Å². The van der Waals surface area contributed by atoms with Crippen LogP contribution in [-0.2, 0) is 6.54 Å². The van der Waals surface area contributed by atoms with Crippen molar-refractivity contribution in [3.05, 3.63) is 35.4 Å². The molecule has 0 unspecified atom stereocenters. The van der Waals surface area contributed by atoms with Gasteiger partial charge in [-0.1, -0.05) is 57.1 Å². The summed E-state index contributed by atoms with van der Waals surface area (Å²) in [5.41, 5.74) is 7.97. The molecule has 0 aliphatic rings. The molecule has 2 N–H and O–H groups in total. The van der Waals surface area contributed by atoms with E-state index in [2.05, 4.69) is 30.9 Å². The van der Waals surface area contributed by atoms with Gasteiger partial charge in [0, 0.05) is 12.1 Å². The van der Waals surface area contributed by atoms with Crippen molar-refractivity contribution >= 4 is 17.2 Å². The lowest BCUT2D eigenvalue weighted by Crippen LogP contribution is -2.25. The predicted molar refractivity (Wildman–Crippen MR) is 87.4 cm³/mol. The Balaban J connectivity index is 2.65. The number of hydrogen-bond donors (Lipinski definition) is 1. The van der Waals surface area contributed by atoms with Crippen molar-refractivity contribution in [3.63, 3.8) is 0 Å². The third-order valence-electron chi connectivity index (χ3n) is 3.27. The van der Waals surface area contributed by atoms with E-state index in [0.717, 1.165) is 12.1 Å². The fourth-order valence-corrected chi connectivity index (χ4v) is 2.24. The minimum Gasteiger partial charge on any atom is -0.389 e. The van der Waals surface area contributed by atoms with Crippen molar-refractivity contribution in [1.82, 2.24) is 4.90 Å². The monoisotopic (exact) mass is 278 g/mol. The van der Waals surface area contributed by atoms with Crippen molar-refractivity contribution in [1.29, 1.82) is 0 Å². The summed E-state index contributed by atoms with van der Waals surface area (Å²) in [5, 5.41) is 0. The average molecular weight is 278 g/mol. The number of thiocarbonyl (C=S) groups is 1. The van der Waals surface area contributed by atoms with Crippen LogP contribution in [0.3, 0.4) is 0 Å². The van der Waals surface area contributed by atoms with E-state index in [4.69, 9.17) is 18.0 Å². The molecule has 3 heteroatoms. The molecule has 2 nitrogen and oxygen atoms in total. The zero-order valence-corrected chi connectivity index (χ0v) is 13.0. The first kappa shape index (κ1) is 16.1. The maximum atomic E-state index is 5.69. The van der Waals surface area contributed by atoms with Gasteiger partial charge in [-0.3, -0.25) is 4.90 Å². The first-order valence-corrected chi connectivity index (χ1v) is 7.69. The highest BCUT2D eigenvalue weighted by molar-refractivity contribution is 7.80. The van der Waals surface area contributed by atoms with Gasteiger partial charge in [-0.15, -0.1) is 0 Å². The fourth-order valence-electron chi connectivity index (χ4n) is 2.11. The van der Waals surface area contributed by atoms with Crippen molar-refractivity contribution in [2.45, 2.75) is 46.1 Å². The largest absolute Gasteiger partial charge is 0.389 e. The lowest BCUT2D eigenvalue weighted by molar-refractivity contribution is 0.257. The molecule has 0 aliphatic carbocycles. The predicted octanol–water partition coefficient (Wildman–Crippen LogP) is 3.72. The summed E-state index contributed by atoms with van der Waals surface area (Å²) in [5.74, 6) is 0. The van der Waals surface area contributed by atoms with E-state index in [-0.39, 0.29) is 0 Å². The van der Waals surface area contributed by atoms with Crippen LogP contribution in [0, 0.1) is 0 Å². The molecule has 0 radical (unpaired) electrons. The van der Waals surface area contributed by atoms with Gasteiger partial charge in [-0.2, -0.15) is 0 Å². The summed E-state index contributed by atoms with van der Waals surface area (Å²) in [7, 11) is 0. The maximum Gasteiger partial charge on any atom is 0.103 e. The Kier molecular flexibility index (Phi) is 7.68. The Labute approximate surface area is 123 Å². The quantitative estimate of drug-likeness (QED) is 0.698. The fraction of sp³-hybridized carbons (Fsp3) is 0.562. The van der Waals surface area contributed by atoms with E-state index < -0.39 is 0 Å². The van der Waals surface area contributed by atoms with Crippen LogP contribution >= 0.6 is 12.2 Å². The van der Waals surface area contributed by atoms with Gasteiger partial charge in [0.2, 0.25) is 0 Å². The van der Waals surface area contributed by atoms with Crippen LogP contribution in [0.2, 0.25) is 0 Å². The molecule has 0 aliphatic heterocycles. The molecule has 1 aromatic rings. The zero-order valence-electron chi connectivity index (χ0n) is 12.2. The number of rotatable bonds is 9. The van der Waals surface area contributed by atoms with Crippen LogP contribution in [0.1, 0.15) is 50.7 Å². The Bertz CT molecular complexity index is 382. The average Bonchev–Trinajstić information content (AvgIpc) is 2.42. The van der Waals surface area contributed by atoms with Crippen LogP contribution < -0.4 is 5.73 Å². The molecule has 0 heterocycles. The number of benzene rings is 1. The van der Waals surface area contributed by atoms with Crippen LogP contribution in [0.25, 0.3) is 0 Å². The van der Waals surface area contributed by atoms with E-state index in [1.807, 2.05) is 12.1 Å². The molecule has 106 valence electrons. The summed E-state index contributed by atoms with van der Waals surface area (Å²) in [6.07, 6.45) is 5.02. The first-order valence-electron chi connectivity index (χ1n) is 7.28. The normalized spacial score (nSPS) is 10.9. The van der Waals surface area contributed by atoms with Crippen LogP contribution in [-0.4, -0.2) is 23.0 Å². The van der Waals surface area contributed by atoms with Crippen LogP contribution in [0.5, 0.6) is 0 Å². The zero-order chi connectivity index (χ0) is 14.1. The summed E-state index contributed by atoms with van der Waals surface area (Å²) in [6.45, 7) is 7.83. The van der Waals surface area contributed by atoms with E-state index in [9.17, 15) is 0 Å². The SMILES string of the molecule is CCCCN(CCCC)Cc1cccc(C(N)=S)c1. The number of nitrogens with two attached hydrogens (primary N) is 1. The number of unbranched alkanes of at least 4 members (excludes halogenated alkanes) is 2. The second-order valence-electron chi connectivity index (χ2n) is 5.05. The molecule has 0 amide bonds. The maximum absolute atomic E-state index is 5.69. The van der Waals surface area contributed by atoms with Gasteiger partial charge >= 0.3 is 0 Å². The molecule has 0 spiro atoms. The van der Waals surface area contributed by atoms with Gasteiger partial charge < -0.3 is 5.73 Å². The van der Waals surface area contributed by atoms with Crippen LogP contribution in [0.15, 0.2) is 24.3 Å². The molecular weight excluding hydrogens is 252 g/mol.